The van der Waals surface area contributed by atoms with Crippen LogP contribution in [-0.2, 0) is 4.79 Å². The predicted octanol–water partition coefficient (Wildman–Crippen LogP) is 4.09. The minimum Gasteiger partial charge on any atom is -0.490 e. The quantitative estimate of drug-likeness (QED) is 0.894. The van der Waals surface area contributed by atoms with Gasteiger partial charge in [0.05, 0.1) is 11.6 Å². The summed E-state index contributed by atoms with van der Waals surface area (Å²) in [6, 6.07) is 9.85. The topological polar surface area (TPSA) is 51.2 Å². The standard InChI is InChI=1S/C20H22F2N2O2/c21-20(22)11-14(12-20)19(25)24-15-3-5-16(6-4-15)26-17-7-8-18-13(10-17)2-1-9-23-18/h1-2,7-10,14-16H,3-6,11-12H2,(H,24,25). The van der Waals surface area contributed by atoms with E-state index in [0.717, 1.165) is 42.3 Å². The van der Waals surface area contributed by atoms with Gasteiger partial charge >= 0.3 is 0 Å². The largest absolute Gasteiger partial charge is 0.490 e. The van der Waals surface area contributed by atoms with Crippen LogP contribution < -0.4 is 10.1 Å². The molecule has 1 heterocycles. The Kier molecular flexibility index (Phi) is 4.51. The Labute approximate surface area is 150 Å². The summed E-state index contributed by atoms with van der Waals surface area (Å²) in [5.41, 5.74) is 0.938. The summed E-state index contributed by atoms with van der Waals surface area (Å²) in [6.07, 6.45) is 4.58. The number of benzene rings is 1. The molecule has 0 saturated heterocycles. The van der Waals surface area contributed by atoms with Crippen LogP contribution in [0, 0.1) is 5.92 Å². The minimum absolute atomic E-state index is 0.0670. The highest BCUT2D eigenvalue weighted by Crippen LogP contribution is 2.42. The summed E-state index contributed by atoms with van der Waals surface area (Å²) in [5.74, 6) is -2.56. The number of hydrogen-bond acceptors (Lipinski definition) is 3. The lowest BCUT2D eigenvalue weighted by atomic mass is 9.80. The number of alkyl halides is 2. The van der Waals surface area contributed by atoms with Gasteiger partial charge in [-0.3, -0.25) is 9.78 Å². The van der Waals surface area contributed by atoms with Crippen molar-refractivity contribution in [1.29, 1.82) is 0 Å². The van der Waals surface area contributed by atoms with Crippen molar-refractivity contribution in [3.8, 4) is 5.75 Å². The van der Waals surface area contributed by atoms with Crippen molar-refractivity contribution in [1.82, 2.24) is 10.3 Å². The highest BCUT2D eigenvalue weighted by atomic mass is 19.3. The second-order valence-corrected chi connectivity index (χ2v) is 7.42. The van der Waals surface area contributed by atoms with Gasteiger partial charge in [0, 0.05) is 36.4 Å². The highest BCUT2D eigenvalue weighted by Gasteiger charge is 2.48. The first-order chi connectivity index (χ1) is 12.5. The molecule has 0 aliphatic heterocycles. The van der Waals surface area contributed by atoms with Gasteiger partial charge in [-0.25, -0.2) is 8.78 Å². The second kappa shape index (κ2) is 6.82. The van der Waals surface area contributed by atoms with E-state index in [2.05, 4.69) is 10.3 Å². The van der Waals surface area contributed by atoms with E-state index in [1.165, 1.54) is 0 Å². The number of carbonyl (C=O) groups is 1. The van der Waals surface area contributed by atoms with Gasteiger partial charge in [0.2, 0.25) is 11.8 Å². The van der Waals surface area contributed by atoms with E-state index in [0.29, 0.717) is 0 Å². The van der Waals surface area contributed by atoms with Gasteiger partial charge in [0.1, 0.15) is 5.75 Å². The zero-order chi connectivity index (χ0) is 18.1. The second-order valence-electron chi connectivity index (χ2n) is 7.42. The third kappa shape index (κ3) is 3.79. The SMILES string of the molecule is O=C(NC1CCC(Oc2ccc3ncccc3c2)CC1)C1CC(F)(F)C1. The molecule has 4 rings (SSSR count). The van der Waals surface area contributed by atoms with Gasteiger partial charge in [-0.15, -0.1) is 0 Å². The maximum atomic E-state index is 12.9. The van der Waals surface area contributed by atoms with E-state index in [1.54, 1.807) is 6.20 Å². The summed E-state index contributed by atoms with van der Waals surface area (Å²) in [5, 5.41) is 3.98. The molecule has 138 valence electrons. The predicted molar refractivity (Wildman–Crippen MR) is 94.2 cm³/mol. The zero-order valence-electron chi connectivity index (χ0n) is 14.5. The summed E-state index contributed by atoms with van der Waals surface area (Å²) in [6.45, 7) is 0. The molecule has 0 atom stereocenters. The van der Waals surface area contributed by atoms with Gasteiger partial charge in [-0.05, 0) is 49.9 Å². The van der Waals surface area contributed by atoms with Crippen molar-refractivity contribution in [2.45, 2.75) is 56.6 Å². The van der Waals surface area contributed by atoms with Crippen molar-refractivity contribution in [3.63, 3.8) is 0 Å². The number of nitrogens with zero attached hydrogens (tertiary/aromatic N) is 1. The Bertz CT molecular complexity index is 795. The Balaban J connectivity index is 1.26. The van der Waals surface area contributed by atoms with Gasteiger partial charge < -0.3 is 10.1 Å². The lowest BCUT2D eigenvalue weighted by Gasteiger charge is -2.36. The van der Waals surface area contributed by atoms with Crippen molar-refractivity contribution in [3.05, 3.63) is 36.5 Å². The van der Waals surface area contributed by atoms with E-state index in [4.69, 9.17) is 4.74 Å². The third-order valence-corrected chi connectivity index (χ3v) is 5.36. The maximum Gasteiger partial charge on any atom is 0.249 e. The molecule has 0 radical (unpaired) electrons. The molecule has 1 N–H and O–H groups in total. The lowest BCUT2D eigenvalue weighted by Crippen LogP contribution is -2.49. The smallest absolute Gasteiger partial charge is 0.249 e. The average molecular weight is 360 g/mol. The van der Waals surface area contributed by atoms with Crippen molar-refractivity contribution < 1.29 is 18.3 Å². The number of fused-ring (bicyclic) bond motifs is 1. The number of rotatable bonds is 4. The fraction of sp³-hybridized carbons (Fsp3) is 0.500. The molecule has 2 aliphatic rings. The van der Waals surface area contributed by atoms with Crippen LogP contribution in [0.1, 0.15) is 38.5 Å². The molecule has 0 unspecified atom stereocenters. The number of hydrogen-bond donors (Lipinski definition) is 1. The molecule has 4 nitrogen and oxygen atoms in total. The molecule has 1 aromatic carbocycles. The zero-order valence-corrected chi connectivity index (χ0v) is 14.5. The van der Waals surface area contributed by atoms with Crippen LogP contribution in [-0.4, -0.2) is 29.0 Å². The van der Waals surface area contributed by atoms with E-state index in [9.17, 15) is 13.6 Å². The van der Waals surface area contributed by atoms with E-state index >= 15 is 0 Å². The Hall–Kier alpha value is -2.24. The average Bonchev–Trinajstić information content (AvgIpc) is 2.61. The molecule has 0 bridgehead atoms. The molecule has 2 fully saturated rings. The van der Waals surface area contributed by atoms with Crippen molar-refractivity contribution in [2.24, 2.45) is 5.92 Å². The summed E-state index contributed by atoms with van der Waals surface area (Å²) < 4.78 is 31.8. The molecule has 2 aliphatic carbocycles. The van der Waals surface area contributed by atoms with Crippen LogP contribution in [0.2, 0.25) is 0 Å². The van der Waals surface area contributed by atoms with Crippen molar-refractivity contribution in [2.75, 3.05) is 0 Å². The number of halogens is 2. The van der Waals surface area contributed by atoms with Crippen LogP contribution in [0.5, 0.6) is 5.75 Å². The number of amides is 1. The lowest BCUT2D eigenvalue weighted by molar-refractivity contribution is -0.151. The van der Waals surface area contributed by atoms with Crippen molar-refractivity contribution >= 4 is 16.8 Å². The normalized spacial score (nSPS) is 25.5. The number of aromatic nitrogens is 1. The summed E-state index contributed by atoms with van der Waals surface area (Å²) in [7, 11) is 0. The summed E-state index contributed by atoms with van der Waals surface area (Å²) in [4.78, 5) is 16.3. The molecule has 2 aromatic rings. The molecule has 6 heteroatoms. The highest BCUT2D eigenvalue weighted by molar-refractivity contribution is 5.80. The van der Waals surface area contributed by atoms with E-state index < -0.39 is 11.8 Å². The first-order valence-electron chi connectivity index (χ1n) is 9.18. The number of pyridine rings is 1. The number of carbonyl (C=O) groups excluding carboxylic acids is 1. The van der Waals surface area contributed by atoms with E-state index in [-0.39, 0.29) is 30.9 Å². The molecule has 26 heavy (non-hydrogen) atoms. The van der Waals surface area contributed by atoms with Crippen LogP contribution >= 0.6 is 0 Å². The third-order valence-electron chi connectivity index (χ3n) is 5.36. The van der Waals surface area contributed by atoms with Crippen LogP contribution in [0.25, 0.3) is 10.9 Å². The molecular weight excluding hydrogens is 338 g/mol. The molecule has 1 amide bonds. The Morgan fingerprint density at radius 2 is 1.92 bits per heavy atom. The van der Waals surface area contributed by atoms with Gasteiger partial charge in [-0.1, -0.05) is 6.07 Å². The van der Waals surface area contributed by atoms with Crippen LogP contribution in [0.3, 0.4) is 0 Å². The summed E-state index contributed by atoms with van der Waals surface area (Å²) >= 11 is 0. The first kappa shape index (κ1) is 17.2. The van der Waals surface area contributed by atoms with Crippen LogP contribution in [0.4, 0.5) is 8.78 Å². The monoisotopic (exact) mass is 360 g/mol. The molecular formula is C20H22F2N2O2. The van der Waals surface area contributed by atoms with Gasteiger partial charge in [0.25, 0.3) is 0 Å². The minimum atomic E-state index is -2.65. The fourth-order valence-electron chi connectivity index (χ4n) is 3.81. The van der Waals surface area contributed by atoms with Gasteiger partial charge in [-0.2, -0.15) is 0 Å². The molecule has 0 spiro atoms. The molecule has 1 aromatic heterocycles. The Morgan fingerprint density at radius 1 is 1.15 bits per heavy atom. The fourth-order valence-corrected chi connectivity index (χ4v) is 3.81. The van der Waals surface area contributed by atoms with E-state index in [1.807, 2.05) is 30.3 Å². The number of nitrogens with one attached hydrogen (secondary N) is 1. The maximum absolute atomic E-state index is 12.9. The van der Waals surface area contributed by atoms with Crippen LogP contribution in [0.15, 0.2) is 36.5 Å². The number of ether oxygens (including phenoxy) is 1. The molecule has 2 saturated carbocycles. The first-order valence-corrected chi connectivity index (χ1v) is 9.18. The van der Waals surface area contributed by atoms with Gasteiger partial charge in [0.15, 0.2) is 0 Å². The Morgan fingerprint density at radius 3 is 2.65 bits per heavy atom.